The van der Waals surface area contributed by atoms with E-state index < -0.39 is 0 Å². The maximum absolute atomic E-state index is 6.02. The average Bonchev–Trinajstić information content (AvgIpc) is 2.25. The summed E-state index contributed by atoms with van der Waals surface area (Å²) in [7, 11) is 0. The molecule has 0 bridgehead atoms. The first-order valence-corrected chi connectivity index (χ1v) is 5.20. The van der Waals surface area contributed by atoms with Crippen molar-refractivity contribution in [3.63, 3.8) is 0 Å². The van der Waals surface area contributed by atoms with Crippen molar-refractivity contribution >= 4 is 0 Å². The lowest BCUT2D eigenvalue weighted by Gasteiger charge is -2.10. The van der Waals surface area contributed by atoms with Gasteiger partial charge >= 0.3 is 0 Å². The maximum atomic E-state index is 6.02. The third kappa shape index (κ3) is 3.85. The summed E-state index contributed by atoms with van der Waals surface area (Å²) >= 11 is 0. The van der Waals surface area contributed by atoms with E-state index in [1.165, 1.54) is 12.0 Å². The Kier molecular flexibility index (Phi) is 5.19. The number of nitrogens with two attached hydrogens (primary N) is 2. The Hall–Kier alpha value is -0.930. The fraction of sp³-hybridized carbons (Fsp3) is 0.545. The van der Waals surface area contributed by atoms with Crippen molar-refractivity contribution in [3.8, 4) is 0 Å². The van der Waals surface area contributed by atoms with Crippen molar-refractivity contribution in [2.75, 3.05) is 6.54 Å². The van der Waals surface area contributed by atoms with E-state index in [1.807, 2.05) is 12.1 Å². The molecule has 0 unspecified atom stereocenters. The number of hydrogen-bond donors (Lipinski definition) is 2. The van der Waals surface area contributed by atoms with E-state index in [-0.39, 0.29) is 6.04 Å². The number of rotatable bonds is 6. The first-order chi connectivity index (χ1) is 6.84. The molecule has 0 fully saturated rings. The molecule has 0 aliphatic heterocycles. The fourth-order valence-electron chi connectivity index (χ4n) is 1.46. The zero-order chi connectivity index (χ0) is 10.2. The molecule has 0 spiro atoms. The van der Waals surface area contributed by atoms with Gasteiger partial charge in [-0.1, -0.05) is 12.8 Å². The molecule has 78 valence electrons. The topological polar surface area (TPSA) is 64.9 Å². The van der Waals surface area contributed by atoms with Gasteiger partial charge in [0, 0.05) is 18.4 Å². The monoisotopic (exact) mass is 193 g/mol. The summed E-state index contributed by atoms with van der Waals surface area (Å²) in [5.41, 5.74) is 12.6. The molecule has 0 aromatic carbocycles. The Labute approximate surface area is 85.5 Å². The van der Waals surface area contributed by atoms with E-state index in [9.17, 15) is 0 Å². The highest BCUT2D eigenvalue weighted by atomic mass is 14.6. The van der Waals surface area contributed by atoms with Crippen LogP contribution in [0, 0.1) is 0 Å². The molecular weight excluding hydrogens is 174 g/mol. The molecule has 0 aliphatic rings. The zero-order valence-electron chi connectivity index (χ0n) is 8.52. The van der Waals surface area contributed by atoms with Gasteiger partial charge in [0.1, 0.15) is 0 Å². The van der Waals surface area contributed by atoms with Crippen LogP contribution in [0.15, 0.2) is 24.5 Å². The summed E-state index contributed by atoms with van der Waals surface area (Å²) in [6.45, 7) is 0.782. The molecule has 4 N–H and O–H groups in total. The van der Waals surface area contributed by atoms with E-state index >= 15 is 0 Å². The van der Waals surface area contributed by atoms with Crippen LogP contribution in [0.25, 0.3) is 0 Å². The Morgan fingerprint density at radius 2 is 1.86 bits per heavy atom. The number of nitrogens with zero attached hydrogens (tertiary/aromatic N) is 1. The van der Waals surface area contributed by atoms with Gasteiger partial charge in [-0.25, -0.2) is 0 Å². The zero-order valence-corrected chi connectivity index (χ0v) is 8.52. The number of hydrogen-bond acceptors (Lipinski definition) is 3. The van der Waals surface area contributed by atoms with Crippen LogP contribution in [0.5, 0.6) is 0 Å². The van der Waals surface area contributed by atoms with Crippen LogP contribution in [0.4, 0.5) is 0 Å². The highest BCUT2D eigenvalue weighted by molar-refractivity contribution is 5.13. The molecule has 0 saturated heterocycles. The minimum absolute atomic E-state index is 0.149. The predicted molar refractivity (Wildman–Crippen MR) is 58.7 cm³/mol. The van der Waals surface area contributed by atoms with Crippen LogP contribution in [0.3, 0.4) is 0 Å². The lowest BCUT2D eigenvalue weighted by molar-refractivity contribution is 0.572. The van der Waals surface area contributed by atoms with Gasteiger partial charge in [0.05, 0.1) is 0 Å². The van der Waals surface area contributed by atoms with E-state index in [0.717, 1.165) is 25.8 Å². The van der Waals surface area contributed by atoms with Crippen molar-refractivity contribution in [3.05, 3.63) is 30.1 Å². The molecule has 14 heavy (non-hydrogen) atoms. The standard InChI is InChI=1S/C11H19N3/c12-7-3-1-2-4-11(13)10-5-8-14-9-6-10/h5-6,8-9,11H,1-4,7,12-13H2/t11-/m1/s1. The van der Waals surface area contributed by atoms with Crippen molar-refractivity contribution in [1.82, 2.24) is 4.98 Å². The molecule has 0 saturated carbocycles. The third-order valence-electron chi connectivity index (χ3n) is 2.35. The molecule has 1 atom stereocenters. The van der Waals surface area contributed by atoms with Gasteiger partial charge in [0.25, 0.3) is 0 Å². The second-order valence-electron chi connectivity index (χ2n) is 3.53. The molecule has 0 amide bonds. The molecule has 1 heterocycles. The van der Waals surface area contributed by atoms with Crippen LogP contribution in [0.2, 0.25) is 0 Å². The van der Waals surface area contributed by atoms with E-state index in [4.69, 9.17) is 11.5 Å². The normalized spacial score (nSPS) is 12.7. The smallest absolute Gasteiger partial charge is 0.0295 e. The minimum atomic E-state index is 0.149. The second kappa shape index (κ2) is 6.51. The van der Waals surface area contributed by atoms with Gasteiger partial charge in [0.15, 0.2) is 0 Å². The largest absolute Gasteiger partial charge is 0.330 e. The number of pyridine rings is 1. The molecule has 0 radical (unpaired) electrons. The molecule has 3 nitrogen and oxygen atoms in total. The Bertz CT molecular complexity index is 236. The molecule has 1 aromatic rings. The van der Waals surface area contributed by atoms with Crippen molar-refractivity contribution in [2.45, 2.75) is 31.7 Å². The Balaban J connectivity index is 2.25. The first-order valence-electron chi connectivity index (χ1n) is 5.20. The average molecular weight is 193 g/mol. The summed E-state index contributed by atoms with van der Waals surface area (Å²) in [6.07, 6.45) is 8.03. The van der Waals surface area contributed by atoms with Crippen LogP contribution in [-0.2, 0) is 0 Å². The summed E-state index contributed by atoms with van der Waals surface area (Å²) in [4.78, 5) is 3.97. The van der Waals surface area contributed by atoms with Crippen molar-refractivity contribution < 1.29 is 0 Å². The van der Waals surface area contributed by atoms with Crippen LogP contribution in [0.1, 0.15) is 37.3 Å². The van der Waals surface area contributed by atoms with Gasteiger partial charge in [-0.2, -0.15) is 0 Å². The molecular formula is C11H19N3. The van der Waals surface area contributed by atoms with Crippen LogP contribution < -0.4 is 11.5 Å². The highest BCUT2D eigenvalue weighted by Gasteiger charge is 2.03. The Morgan fingerprint density at radius 3 is 2.50 bits per heavy atom. The van der Waals surface area contributed by atoms with Crippen LogP contribution >= 0.6 is 0 Å². The van der Waals surface area contributed by atoms with Crippen LogP contribution in [-0.4, -0.2) is 11.5 Å². The quantitative estimate of drug-likeness (QED) is 0.674. The predicted octanol–water partition coefficient (Wildman–Crippen LogP) is 1.60. The SMILES string of the molecule is NCCCCC[C@@H](N)c1ccncc1. The van der Waals surface area contributed by atoms with E-state index in [0.29, 0.717) is 0 Å². The lowest BCUT2D eigenvalue weighted by Crippen LogP contribution is -2.10. The first kappa shape index (κ1) is 11.1. The van der Waals surface area contributed by atoms with Gasteiger partial charge in [-0.3, -0.25) is 4.98 Å². The minimum Gasteiger partial charge on any atom is -0.330 e. The number of unbranched alkanes of at least 4 members (excludes halogenated alkanes) is 2. The maximum Gasteiger partial charge on any atom is 0.0295 e. The lowest BCUT2D eigenvalue weighted by atomic mass is 10.0. The van der Waals surface area contributed by atoms with Crippen molar-refractivity contribution in [1.29, 1.82) is 0 Å². The summed E-state index contributed by atoms with van der Waals surface area (Å²) in [6, 6.07) is 4.11. The van der Waals surface area contributed by atoms with E-state index in [2.05, 4.69) is 4.98 Å². The van der Waals surface area contributed by atoms with Gasteiger partial charge in [-0.15, -0.1) is 0 Å². The van der Waals surface area contributed by atoms with Crippen molar-refractivity contribution in [2.24, 2.45) is 11.5 Å². The second-order valence-corrected chi connectivity index (χ2v) is 3.53. The number of aromatic nitrogens is 1. The molecule has 1 rings (SSSR count). The highest BCUT2D eigenvalue weighted by Crippen LogP contribution is 2.15. The summed E-state index contributed by atoms with van der Waals surface area (Å²) in [5, 5.41) is 0. The molecule has 3 heteroatoms. The summed E-state index contributed by atoms with van der Waals surface area (Å²) < 4.78 is 0. The van der Waals surface area contributed by atoms with E-state index in [1.54, 1.807) is 12.4 Å². The Morgan fingerprint density at radius 1 is 1.14 bits per heavy atom. The van der Waals surface area contributed by atoms with Gasteiger partial charge < -0.3 is 11.5 Å². The fourth-order valence-corrected chi connectivity index (χ4v) is 1.46. The molecule has 0 aliphatic carbocycles. The summed E-state index contributed by atoms with van der Waals surface area (Å²) in [5.74, 6) is 0. The van der Waals surface area contributed by atoms with Gasteiger partial charge in [0.2, 0.25) is 0 Å². The third-order valence-corrected chi connectivity index (χ3v) is 2.35. The van der Waals surface area contributed by atoms with Gasteiger partial charge in [-0.05, 0) is 37.1 Å². The molecule has 1 aromatic heterocycles.